The highest BCUT2D eigenvalue weighted by atomic mass is 16.6. The standard InChI is InChI=1S/C29H26O5/c1-2-29(30)34-28(22-11-5-3-6-12-22)21-33-27-18-17-26(24-15-9-10-16-25(24)27)32-20-19-31-23-13-7-4-8-14-23/h2-18,28H,1,19-21H2. The maximum Gasteiger partial charge on any atom is 0.330 e. The third-order valence-corrected chi connectivity index (χ3v) is 5.18. The summed E-state index contributed by atoms with van der Waals surface area (Å²) in [5, 5.41) is 1.84. The van der Waals surface area contributed by atoms with Crippen LogP contribution in [-0.4, -0.2) is 25.8 Å². The molecule has 0 aliphatic heterocycles. The Morgan fingerprint density at radius 3 is 1.91 bits per heavy atom. The van der Waals surface area contributed by atoms with Crippen LogP contribution in [0.15, 0.2) is 110 Å². The number of benzene rings is 4. The Kier molecular flexibility index (Phi) is 7.80. The molecule has 1 unspecified atom stereocenters. The van der Waals surface area contributed by atoms with Crippen LogP contribution in [0.3, 0.4) is 0 Å². The summed E-state index contributed by atoms with van der Waals surface area (Å²) in [5.74, 6) is 1.74. The third kappa shape index (κ3) is 5.95. The van der Waals surface area contributed by atoms with E-state index in [-0.39, 0.29) is 6.61 Å². The van der Waals surface area contributed by atoms with E-state index in [4.69, 9.17) is 18.9 Å². The number of esters is 1. The third-order valence-electron chi connectivity index (χ3n) is 5.18. The van der Waals surface area contributed by atoms with E-state index in [1.165, 1.54) is 0 Å². The topological polar surface area (TPSA) is 54.0 Å². The van der Waals surface area contributed by atoms with Crippen molar-refractivity contribution in [2.45, 2.75) is 6.10 Å². The summed E-state index contributed by atoms with van der Waals surface area (Å²) >= 11 is 0. The number of fused-ring (bicyclic) bond motifs is 1. The zero-order valence-electron chi connectivity index (χ0n) is 18.8. The first kappa shape index (κ1) is 22.9. The summed E-state index contributed by atoms with van der Waals surface area (Å²) in [6.07, 6.45) is 0.593. The van der Waals surface area contributed by atoms with Gasteiger partial charge in [0.05, 0.1) is 0 Å². The van der Waals surface area contributed by atoms with E-state index in [0.29, 0.717) is 19.0 Å². The first-order chi connectivity index (χ1) is 16.7. The van der Waals surface area contributed by atoms with E-state index in [0.717, 1.165) is 33.9 Å². The fourth-order valence-corrected chi connectivity index (χ4v) is 3.54. The van der Waals surface area contributed by atoms with Crippen molar-refractivity contribution in [1.82, 2.24) is 0 Å². The molecule has 34 heavy (non-hydrogen) atoms. The highest BCUT2D eigenvalue weighted by Gasteiger charge is 2.17. The van der Waals surface area contributed by atoms with E-state index in [1.807, 2.05) is 97.1 Å². The van der Waals surface area contributed by atoms with Crippen molar-refractivity contribution in [3.8, 4) is 17.2 Å². The van der Waals surface area contributed by atoms with Crippen molar-refractivity contribution in [3.05, 3.63) is 115 Å². The van der Waals surface area contributed by atoms with E-state index >= 15 is 0 Å². The molecule has 4 rings (SSSR count). The second kappa shape index (κ2) is 11.6. The molecule has 0 amide bonds. The number of carbonyl (C=O) groups excluding carboxylic acids is 1. The SMILES string of the molecule is C=CC(=O)OC(COc1ccc(OCCOc2ccccc2)c2ccccc12)c1ccccc1. The van der Waals surface area contributed by atoms with Crippen LogP contribution in [-0.2, 0) is 9.53 Å². The van der Waals surface area contributed by atoms with Crippen LogP contribution in [0.5, 0.6) is 17.2 Å². The fraction of sp³-hybridized carbons (Fsp3) is 0.138. The zero-order valence-corrected chi connectivity index (χ0v) is 18.8. The second-order valence-corrected chi connectivity index (χ2v) is 7.47. The van der Waals surface area contributed by atoms with E-state index in [2.05, 4.69) is 6.58 Å². The maximum atomic E-state index is 11.9. The van der Waals surface area contributed by atoms with Crippen LogP contribution < -0.4 is 14.2 Å². The first-order valence-corrected chi connectivity index (χ1v) is 11.1. The molecule has 4 aromatic rings. The Morgan fingerprint density at radius 2 is 1.26 bits per heavy atom. The fourth-order valence-electron chi connectivity index (χ4n) is 3.54. The average molecular weight is 455 g/mol. The Bertz CT molecular complexity index is 1220. The molecular weight excluding hydrogens is 428 g/mol. The number of para-hydroxylation sites is 1. The molecule has 0 aromatic heterocycles. The second-order valence-electron chi connectivity index (χ2n) is 7.47. The number of carbonyl (C=O) groups is 1. The number of rotatable bonds is 11. The van der Waals surface area contributed by atoms with Gasteiger partial charge in [0, 0.05) is 16.8 Å². The number of hydrogen-bond acceptors (Lipinski definition) is 5. The molecule has 0 saturated carbocycles. The lowest BCUT2D eigenvalue weighted by Gasteiger charge is -2.19. The van der Waals surface area contributed by atoms with Gasteiger partial charge in [-0.3, -0.25) is 0 Å². The highest BCUT2D eigenvalue weighted by molar-refractivity contribution is 5.93. The van der Waals surface area contributed by atoms with Crippen LogP contribution in [0.25, 0.3) is 10.8 Å². The van der Waals surface area contributed by atoms with Gasteiger partial charge >= 0.3 is 5.97 Å². The molecule has 0 aliphatic rings. The van der Waals surface area contributed by atoms with Gasteiger partial charge in [0.1, 0.15) is 37.1 Å². The highest BCUT2D eigenvalue weighted by Crippen LogP contribution is 2.34. The Labute approximate surface area is 199 Å². The molecule has 172 valence electrons. The summed E-state index contributed by atoms with van der Waals surface area (Å²) in [6.45, 7) is 4.50. The largest absolute Gasteiger partial charge is 0.490 e. The lowest BCUT2D eigenvalue weighted by atomic mass is 10.1. The van der Waals surface area contributed by atoms with Crippen LogP contribution >= 0.6 is 0 Å². The van der Waals surface area contributed by atoms with E-state index in [1.54, 1.807) is 0 Å². The lowest BCUT2D eigenvalue weighted by molar-refractivity contribution is -0.144. The molecule has 0 fully saturated rings. The molecule has 0 radical (unpaired) electrons. The summed E-state index contributed by atoms with van der Waals surface area (Å²) < 4.78 is 23.4. The van der Waals surface area contributed by atoms with Gasteiger partial charge < -0.3 is 18.9 Å². The van der Waals surface area contributed by atoms with Gasteiger partial charge in [-0.2, -0.15) is 0 Å². The number of ether oxygens (including phenoxy) is 4. The van der Waals surface area contributed by atoms with Crippen molar-refractivity contribution in [1.29, 1.82) is 0 Å². The van der Waals surface area contributed by atoms with Crippen molar-refractivity contribution in [2.75, 3.05) is 19.8 Å². The predicted molar refractivity (Wildman–Crippen MR) is 132 cm³/mol. The van der Waals surface area contributed by atoms with Gasteiger partial charge in [-0.1, -0.05) is 79.4 Å². The molecule has 5 heteroatoms. The van der Waals surface area contributed by atoms with Crippen LogP contribution in [0.4, 0.5) is 0 Å². The predicted octanol–water partition coefficient (Wildman–Crippen LogP) is 6.15. The van der Waals surface area contributed by atoms with Crippen LogP contribution in [0, 0.1) is 0 Å². The van der Waals surface area contributed by atoms with Gasteiger partial charge in [-0.05, 0) is 29.8 Å². The smallest absolute Gasteiger partial charge is 0.330 e. The molecular formula is C29H26O5. The molecule has 1 atom stereocenters. The van der Waals surface area contributed by atoms with Crippen molar-refractivity contribution < 1.29 is 23.7 Å². The van der Waals surface area contributed by atoms with Crippen LogP contribution in [0.1, 0.15) is 11.7 Å². The van der Waals surface area contributed by atoms with Crippen LogP contribution in [0.2, 0.25) is 0 Å². The van der Waals surface area contributed by atoms with Gasteiger partial charge in [-0.25, -0.2) is 4.79 Å². The molecule has 0 N–H and O–H groups in total. The van der Waals surface area contributed by atoms with Crippen molar-refractivity contribution >= 4 is 16.7 Å². The lowest BCUT2D eigenvalue weighted by Crippen LogP contribution is -2.17. The molecule has 0 saturated heterocycles. The van der Waals surface area contributed by atoms with Crippen molar-refractivity contribution in [3.63, 3.8) is 0 Å². The van der Waals surface area contributed by atoms with E-state index in [9.17, 15) is 4.79 Å². The van der Waals surface area contributed by atoms with Crippen molar-refractivity contribution in [2.24, 2.45) is 0 Å². The van der Waals surface area contributed by atoms with Gasteiger partial charge in [0.15, 0.2) is 6.10 Å². The van der Waals surface area contributed by atoms with E-state index < -0.39 is 12.1 Å². The van der Waals surface area contributed by atoms with Gasteiger partial charge in [0.25, 0.3) is 0 Å². The summed E-state index contributed by atoms with van der Waals surface area (Å²) in [5.41, 5.74) is 0.848. The Morgan fingerprint density at radius 1 is 0.706 bits per heavy atom. The summed E-state index contributed by atoms with van der Waals surface area (Å²) in [4.78, 5) is 11.9. The quantitative estimate of drug-likeness (QED) is 0.155. The minimum absolute atomic E-state index is 0.165. The molecule has 5 nitrogen and oxygen atoms in total. The minimum Gasteiger partial charge on any atom is -0.490 e. The first-order valence-electron chi connectivity index (χ1n) is 11.1. The molecule has 0 spiro atoms. The molecule has 4 aromatic carbocycles. The number of hydrogen-bond donors (Lipinski definition) is 0. The van der Waals surface area contributed by atoms with Gasteiger partial charge in [-0.15, -0.1) is 0 Å². The normalized spacial score (nSPS) is 11.4. The summed E-state index contributed by atoms with van der Waals surface area (Å²) in [7, 11) is 0. The average Bonchev–Trinajstić information content (AvgIpc) is 2.90. The Hall–Kier alpha value is -4.25. The summed E-state index contributed by atoms with van der Waals surface area (Å²) in [6, 6.07) is 30.8. The maximum absolute atomic E-state index is 11.9. The minimum atomic E-state index is -0.559. The monoisotopic (exact) mass is 454 g/mol. The van der Waals surface area contributed by atoms with Gasteiger partial charge in [0.2, 0.25) is 0 Å². The molecule has 0 heterocycles. The molecule has 0 aliphatic carbocycles. The molecule has 0 bridgehead atoms. The zero-order chi connectivity index (χ0) is 23.6. The Balaban J connectivity index is 1.45.